The van der Waals surface area contributed by atoms with Gasteiger partial charge in [-0.25, -0.2) is 4.39 Å². The molecule has 1 aromatic heterocycles. The zero-order chi connectivity index (χ0) is 13.7. The van der Waals surface area contributed by atoms with Crippen LogP contribution in [0.4, 0.5) is 4.39 Å². The molecule has 2 rings (SSSR count). The van der Waals surface area contributed by atoms with Crippen molar-refractivity contribution in [1.29, 1.82) is 0 Å². The Morgan fingerprint density at radius 2 is 1.89 bits per heavy atom. The summed E-state index contributed by atoms with van der Waals surface area (Å²) in [5, 5.41) is -0.0893. The topological polar surface area (TPSA) is 38.9 Å². The molecule has 19 heavy (non-hydrogen) atoms. The largest absolute Gasteiger partial charge is 0.326 e. The minimum absolute atomic E-state index is 0.0879. The molecule has 100 valence electrons. The van der Waals surface area contributed by atoms with Crippen molar-refractivity contribution in [2.45, 2.75) is 29.5 Å². The first kappa shape index (κ1) is 14.0. The van der Waals surface area contributed by atoms with E-state index in [4.69, 9.17) is 5.73 Å². The molecule has 0 aliphatic carbocycles. The van der Waals surface area contributed by atoms with E-state index in [1.807, 2.05) is 31.2 Å². The van der Waals surface area contributed by atoms with Crippen LogP contribution < -0.4 is 5.73 Å². The van der Waals surface area contributed by atoms with E-state index in [1.54, 1.807) is 30.2 Å². The molecule has 0 radical (unpaired) electrons. The maximum atomic E-state index is 14.0. The molecule has 0 amide bonds. The highest BCUT2D eigenvalue weighted by Gasteiger charge is 2.22. The molecule has 2 N–H and O–H groups in total. The molecule has 2 nitrogen and oxygen atoms in total. The maximum absolute atomic E-state index is 14.0. The molecule has 0 saturated heterocycles. The van der Waals surface area contributed by atoms with Crippen molar-refractivity contribution in [3.05, 3.63) is 60.2 Å². The fourth-order valence-corrected chi connectivity index (χ4v) is 3.12. The van der Waals surface area contributed by atoms with Gasteiger partial charge in [0.15, 0.2) is 0 Å². The van der Waals surface area contributed by atoms with Crippen molar-refractivity contribution in [2.24, 2.45) is 5.73 Å². The van der Waals surface area contributed by atoms with E-state index in [2.05, 4.69) is 4.98 Å². The van der Waals surface area contributed by atoms with Crippen molar-refractivity contribution in [1.82, 2.24) is 4.98 Å². The highest BCUT2D eigenvalue weighted by atomic mass is 32.2. The lowest BCUT2D eigenvalue weighted by Crippen LogP contribution is -2.26. The summed E-state index contributed by atoms with van der Waals surface area (Å²) in [6, 6.07) is 10.6. The average Bonchev–Trinajstić information content (AvgIpc) is 2.46. The van der Waals surface area contributed by atoms with Gasteiger partial charge in [-0.3, -0.25) is 4.98 Å². The normalized spacial score (nSPS) is 14.1. The molecule has 2 atom stereocenters. The van der Waals surface area contributed by atoms with E-state index in [0.717, 1.165) is 11.3 Å². The first-order valence-electron chi connectivity index (χ1n) is 6.29. The Hall–Kier alpha value is -1.39. The predicted molar refractivity (Wildman–Crippen MR) is 77.5 cm³/mol. The van der Waals surface area contributed by atoms with Crippen molar-refractivity contribution in [3.63, 3.8) is 0 Å². The second kappa shape index (κ2) is 6.68. The minimum Gasteiger partial charge on any atom is -0.326 e. The van der Waals surface area contributed by atoms with E-state index < -0.39 is 0 Å². The van der Waals surface area contributed by atoms with Crippen LogP contribution in [0.5, 0.6) is 0 Å². The van der Waals surface area contributed by atoms with Crippen LogP contribution in [0.15, 0.2) is 53.7 Å². The third-order valence-electron chi connectivity index (χ3n) is 2.98. The number of benzene rings is 1. The summed E-state index contributed by atoms with van der Waals surface area (Å²) in [4.78, 5) is 5.04. The molecular weight excluding hydrogens is 259 g/mol. The smallest absolute Gasteiger partial charge is 0.127 e. The van der Waals surface area contributed by atoms with Crippen LogP contribution in [0, 0.1) is 5.82 Å². The van der Waals surface area contributed by atoms with Crippen LogP contribution in [0.1, 0.15) is 24.2 Å². The average molecular weight is 276 g/mol. The zero-order valence-electron chi connectivity index (χ0n) is 10.8. The number of hydrogen-bond donors (Lipinski definition) is 1. The van der Waals surface area contributed by atoms with Gasteiger partial charge in [-0.1, -0.05) is 25.1 Å². The van der Waals surface area contributed by atoms with Gasteiger partial charge in [-0.15, -0.1) is 11.8 Å². The lowest BCUT2D eigenvalue weighted by Gasteiger charge is -2.23. The third-order valence-corrected chi connectivity index (χ3v) is 4.39. The predicted octanol–water partition coefficient (Wildman–Crippen LogP) is 3.79. The van der Waals surface area contributed by atoms with Gasteiger partial charge in [0, 0.05) is 28.9 Å². The number of hydrogen-bond acceptors (Lipinski definition) is 3. The molecule has 1 heterocycles. The monoisotopic (exact) mass is 276 g/mol. The van der Waals surface area contributed by atoms with Gasteiger partial charge in [0.05, 0.1) is 5.25 Å². The zero-order valence-corrected chi connectivity index (χ0v) is 11.6. The number of nitrogens with two attached hydrogens (primary N) is 1. The molecule has 0 aliphatic rings. The van der Waals surface area contributed by atoms with Crippen molar-refractivity contribution < 1.29 is 4.39 Å². The molecular formula is C15H17FN2S. The second-order valence-corrected chi connectivity index (χ2v) is 5.53. The second-order valence-electron chi connectivity index (χ2n) is 4.31. The van der Waals surface area contributed by atoms with E-state index >= 15 is 0 Å². The number of halogens is 1. The molecule has 1 aromatic carbocycles. The minimum atomic E-state index is -0.196. The summed E-state index contributed by atoms with van der Waals surface area (Å²) in [5.74, 6) is -0.196. The molecule has 0 bridgehead atoms. The lowest BCUT2D eigenvalue weighted by molar-refractivity contribution is 0.572. The van der Waals surface area contributed by atoms with Gasteiger partial charge in [0.1, 0.15) is 5.82 Å². The van der Waals surface area contributed by atoms with Crippen LogP contribution in [0.2, 0.25) is 0 Å². The van der Waals surface area contributed by atoms with Gasteiger partial charge in [-0.2, -0.15) is 0 Å². The van der Waals surface area contributed by atoms with Crippen LogP contribution in [0.25, 0.3) is 0 Å². The molecule has 0 fully saturated rings. The van der Waals surface area contributed by atoms with E-state index in [9.17, 15) is 4.39 Å². The molecule has 4 heteroatoms. The number of nitrogens with zero attached hydrogens (tertiary/aromatic N) is 1. The Labute approximate surface area is 117 Å². The van der Waals surface area contributed by atoms with Crippen molar-refractivity contribution >= 4 is 11.8 Å². The first-order valence-corrected chi connectivity index (χ1v) is 7.17. The van der Waals surface area contributed by atoms with Gasteiger partial charge in [-0.05, 0) is 24.6 Å². The number of rotatable bonds is 5. The van der Waals surface area contributed by atoms with Crippen molar-refractivity contribution in [3.8, 4) is 0 Å². The first-order chi connectivity index (χ1) is 9.22. The fraction of sp³-hybridized carbons (Fsp3) is 0.267. The summed E-state index contributed by atoms with van der Waals surface area (Å²) in [7, 11) is 0. The number of thioether (sulfide) groups is 1. The van der Waals surface area contributed by atoms with E-state index in [-0.39, 0.29) is 17.1 Å². The third kappa shape index (κ3) is 3.55. The summed E-state index contributed by atoms with van der Waals surface area (Å²) >= 11 is 1.58. The number of aromatic nitrogens is 1. The highest BCUT2D eigenvalue weighted by Crippen LogP contribution is 2.38. The van der Waals surface area contributed by atoms with E-state index in [1.165, 1.54) is 6.07 Å². The summed E-state index contributed by atoms with van der Waals surface area (Å²) in [6.45, 7) is 2.02. The molecule has 2 unspecified atom stereocenters. The molecule has 0 saturated carbocycles. The Balaban J connectivity index is 2.29. The Morgan fingerprint density at radius 3 is 2.53 bits per heavy atom. The summed E-state index contributed by atoms with van der Waals surface area (Å²) < 4.78 is 14.0. The SMILES string of the molecule is CCC(N)C(Sc1ccncc1)c1ccccc1F. The lowest BCUT2D eigenvalue weighted by atomic mass is 10.0. The van der Waals surface area contributed by atoms with Crippen LogP contribution in [-0.4, -0.2) is 11.0 Å². The molecule has 0 spiro atoms. The standard InChI is InChI=1S/C15H17FN2S/c1-2-14(17)15(12-5-3-4-6-13(12)16)19-11-7-9-18-10-8-11/h3-10,14-15H,2,17H2,1H3. The van der Waals surface area contributed by atoms with Crippen LogP contribution >= 0.6 is 11.8 Å². The van der Waals surface area contributed by atoms with Gasteiger partial charge >= 0.3 is 0 Å². The van der Waals surface area contributed by atoms with E-state index in [0.29, 0.717) is 5.56 Å². The van der Waals surface area contributed by atoms with Crippen LogP contribution in [-0.2, 0) is 0 Å². The quantitative estimate of drug-likeness (QED) is 0.844. The Bertz CT molecular complexity index is 519. The highest BCUT2D eigenvalue weighted by molar-refractivity contribution is 7.99. The van der Waals surface area contributed by atoms with Crippen LogP contribution in [0.3, 0.4) is 0 Å². The molecule has 2 aromatic rings. The number of pyridine rings is 1. The molecule has 0 aliphatic heterocycles. The Kier molecular flexibility index (Phi) is 4.93. The van der Waals surface area contributed by atoms with Gasteiger partial charge < -0.3 is 5.73 Å². The van der Waals surface area contributed by atoms with Crippen molar-refractivity contribution in [2.75, 3.05) is 0 Å². The van der Waals surface area contributed by atoms with Gasteiger partial charge in [0.2, 0.25) is 0 Å². The summed E-state index contributed by atoms with van der Waals surface area (Å²) in [5.41, 5.74) is 6.83. The fourth-order valence-electron chi connectivity index (χ4n) is 1.86. The Morgan fingerprint density at radius 1 is 1.21 bits per heavy atom. The van der Waals surface area contributed by atoms with Gasteiger partial charge in [0.25, 0.3) is 0 Å². The maximum Gasteiger partial charge on any atom is 0.127 e. The summed E-state index contributed by atoms with van der Waals surface area (Å²) in [6.07, 6.45) is 4.27.